The molecule has 2 aliphatic carbocycles. The van der Waals surface area contributed by atoms with E-state index in [2.05, 4.69) is 32.8 Å². The van der Waals surface area contributed by atoms with Crippen molar-refractivity contribution in [1.82, 2.24) is 30.4 Å². The molecule has 3 aromatic rings. The number of rotatable bonds is 32. The Morgan fingerprint density at radius 3 is 1.87 bits per heavy atom. The van der Waals surface area contributed by atoms with Crippen LogP contribution in [0.2, 0.25) is 0 Å². The first-order chi connectivity index (χ1) is 32.7. The van der Waals surface area contributed by atoms with Crippen molar-refractivity contribution >= 4 is 23.9 Å². The number of ether oxygens (including phenoxy) is 5. The molecule has 5 rings (SSSR count). The molecular weight excluding hydrogens is 869 g/mol. The lowest BCUT2D eigenvalue weighted by Gasteiger charge is -2.31. The number of alkyl carbamates (subject to hydrolysis) is 1. The lowest BCUT2D eigenvalue weighted by atomic mass is 9.99. The molecule has 67 heavy (non-hydrogen) atoms. The second-order valence-electron chi connectivity index (χ2n) is 16.2. The van der Waals surface area contributed by atoms with Crippen LogP contribution in [0.1, 0.15) is 80.0 Å². The summed E-state index contributed by atoms with van der Waals surface area (Å²) in [6, 6.07) is 15.8. The van der Waals surface area contributed by atoms with Crippen LogP contribution in [-0.4, -0.2) is 176 Å². The average molecular weight is 935 g/mol. The monoisotopic (exact) mass is 934 g/mol. The second kappa shape index (κ2) is 29.4. The Hall–Kier alpha value is -5.38. The molecule has 2 amide bonds. The summed E-state index contributed by atoms with van der Waals surface area (Å²) in [5.41, 5.74) is 1.95. The first kappa shape index (κ1) is 52.6. The number of carboxylic acids is 2. The van der Waals surface area contributed by atoms with E-state index in [9.17, 15) is 39.6 Å². The summed E-state index contributed by atoms with van der Waals surface area (Å²) in [5, 5.41) is 44.1. The van der Waals surface area contributed by atoms with E-state index in [1.165, 1.54) is 25.0 Å². The molecule has 0 radical (unpaired) electrons. The maximum absolute atomic E-state index is 13.0. The number of amides is 2. The number of pyridine rings is 2. The van der Waals surface area contributed by atoms with Gasteiger partial charge >= 0.3 is 18.0 Å². The number of carbonyl (C=O) groups is 4. The Kier molecular flexibility index (Phi) is 23.1. The van der Waals surface area contributed by atoms with Crippen LogP contribution in [0.3, 0.4) is 0 Å². The molecule has 366 valence electrons. The highest BCUT2D eigenvalue weighted by Crippen LogP contribution is 2.52. The number of benzene rings is 1. The summed E-state index contributed by atoms with van der Waals surface area (Å²) in [5.74, 6) is -0.773. The van der Waals surface area contributed by atoms with Gasteiger partial charge in [-0.3, -0.25) is 14.6 Å². The number of hydrogen-bond acceptors (Lipinski definition) is 15. The number of aliphatic hydroxyl groups excluding tert-OH is 2. The van der Waals surface area contributed by atoms with Crippen molar-refractivity contribution < 1.29 is 63.3 Å². The van der Waals surface area contributed by atoms with Gasteiger partial charge in [-0.25, -0.2) is 24.4 Å². The van der Waals surface area contributed by atoms with Gasteiger partial charge in [-0.2, -0.15) is 0 Å². The third-order valence-corrected chi connectivity index (χ3v) is 11.6. The summed E-state index contributed by atoms with van der Waals surface area (Å²) < 4.78 is 28.2. The molecule has 1 fully saturated rings. The summed E-state index contributed by atoms with van der Waals surface area (Å²) in [7, 11) is 0. The highest BCUT2D eigenvalue weighted by atomic mass is 16.6. The van der Waals surface area contributed by atoms with Crippen LogP contribution in [0.15, 0.2) is 72.8 Å². The smallest absolute Gasteiger partial charge is 0.407 e. The topological polar surface area (TPSA) is 252 Å². The van der Waals surface area contributed by atoms with Crippen LogP contribution in [0.5, 0.6) is 0 Å². The Morgan fingerprint density at radius 1 is 0.657 bits per heavy atom. The maximum Gasteiger partial charge on any atom is 0.407 e. The second-order valence-corrected chi connectivity index (χ2v) is 16.2. The van der Waals surface area contributed by atoms with Crippen molar-refractivity contribution in [3.63, 3.8) is 0 Å². The van der Waals surface area contributed by atoms with Crippen molar-refractivity contribution in [2.45, 2.75) is 38.3 Å². The molecule has 0 saturated heterocycles. The SMILES string of the molecule is O=C(NCCOCCOCCNC(=O)c1ccc(C(c2cccc(C(=O)O)n2)N(CCO)CCOCCOCCN(CCO)Cc2cccc(C(=O)O)n2)cc1)OCC1[C@H]2CC/C=C\CC[C@@H]12. The highest BCUT2D eigenvalue weighted by Gasteiger charge is 2.49. The van der Waals surface area contributed by atoms with Gasteiger partial charge in [-0.15, -0.1) is 0 Å². The van der Waals surface area contributed by atoms with Gasteiger partial charge in [0.25, 0.3) is 5.91 Å². The fraction of sp³-hybridized carbons (Fsp3) is 0.542. The van der Waals surface area contributed by atoms with Gasteiger partial charge in [0.1, 0.15) is 11.4 Å². The summed E-state index contributed by atoms with van der Waals surface area (Å²) >= 11 is 0. The lowest BCUT2D eigenvalue weighted by Crippen LogP contribution is -2.36. The zero-order chi connectivity index (χ0) is 47.6. The van der Waals surface area contributed by atoms with E-state index in [0.29, 0.717) is 100 Å². The molecule has 6 N–H and O–H groups in total. The van der Waals surface area contributed by atoms with Crippen molar-refractivity contribution in [2.24, 2.45) is 17.8 Å². The highest BCUT2D eigenvalue weighted by molar-refractivity contribution is 5.94. The standard InChI is InChI=1S/C48H66N6O13/c55-23-19-53(33-37-7-5-11-42(51-37)46(58)59)21-27-65-31-32-66-28-22-54(20-24-56)44(41-10-6-12-43(52-41)47(60)61)35-13-15-36(16-14-35)45(57)49-17-25-63-29-30-64-26-18-50-48(62)67-34-40-38-8-3-1-2-4-9-39(38)40/h1-2,5-7,10-16,38-40,44,55-56H,3-4,8-9,17-34H2,(H,49,57)(H,50,62)(H,58,59)(H,60,61)/b2-1-/t38-,39+,40?,44?. The number of carbonyl (C=O) groups excluding carboxylic acids is 2. The summed E-state index contributed by atoms with van der Waals surface area (Å²) in [6.45, 7) is 4.89. The van der Waals surface area contributed by atoms with Crippen molar-refractivity contribution in [3.8, 4) is 0 Å². The van der Waals surface area contributed by atoms with Gasteiger partial charge in [0.05, 0.1) is 90.1 Å². The molecule has 19 nitrogen and oxygen atoms in total. The number of nitrogens with zero attached hydrogens (tertiary/aromatic N) is 4. The minimum atomic E-state index is -1.18. The first-order valence-electron chi connectivity index (χ1n) is 23.0. The number of aliphatic hydroxyl groups is 2. The molecule has 2 heterocycles. The average Bonchev–Trinajstić information content (AvgIpc) is 3.98. The number of aromatic carboxylic acids is 2. The van der Waals surface area contributed by atoms with Crippen LogP contribution in [0.4, 0.5) is 4.79 Å². The number of carboxylic acid groups (broad SMARTS) is 2. The fourth-order valence-electron chi connectivity index (χ4n) is 8.18. The maximum atomic E-state index is 13.0. The molecule has 2 unspecified atom stereocenters. The number of fused-ring (bicyclic) bond motifs is 1. The van der Waals surface area contributed by atoms with Crippen molar-refractivity contribution in [3.05, 3.63) is 107 Å². The molecule has 2 aliphatic rings. The lowest BCUT2D eigenvalue weighted by molar-refractivity contribution is 0.0245. The number of allylic oxidation sites excluding steroid dienone is 2. The van der Waals surface area contributed by atoms with Gasteiger partial charge in [0, 0.05) is 51.4 Å². The number of nitrogens with one attached hydrogen (secondary N) is 2. The Balaban J connectivity index is 0.996. The Bertz CT molecular complexity index is 1990. The van der Waals surface area contributed by atoms with Crippen LogP contribution >= 0.6 is 0 Å². The minimum absolute atomic E-state index is 0.0495. The molecule has 1 saturated carbocycles. The predicted molar refractivity (Wildman–Crippen MR) is 245 cm³/mol. The van der Waals surface area contributed by atoms with E-state index in [1.807, 2.05) is 9.80 Å². The van der Waals surface area contributed by atoms with Crippen molar-refractivity contribution in [2.75, 3.05) is 112 Å². The first-order valence-corrected chi connectivity index (χ1v) is 23.0. The van der Waals surface area contributed by atoms with Crippen LogP contribution in [0, 0.1) is 17.8 Å². The van der Waals surface area contributed by atoms with Crippen LogP contribution in [-0.2, 0) is 30.2 Å². The number of aromatic nitrogens is 2. The summed E-state index contributed by atoms with van der Waals surface area (Å²) in [6.07, 6.45) is 8.63. The molecule has 4 atom stereocenters. The van der Waals surface area contributed by atoms with Gasteiger partial charge in [0.15, 0.2) is 0 Å². The normalized spacial score (nSPS) is 17.5. The van der Waals surface area contributed by atoms with E-state index in [1.54, 1.807) is 48.5 Å². The summed E-state index contributed by atoms with van der Waals surface area (Å²) in [4.78, 5) is 60.7. The minimum Gasteiger partial charge on any atom is -0.477 e. The van der Waals surface area contributed by atoms with Gasteiger partial charge in [0.2, 0.25) is 0 Å². The zero-order valence-electron chi connectivity index (χ0n) is 38.0. The molecule has 0 aliphatic heterocycles. The Labute approximate surface area is 391 Å². The van der Waals surface area contributed by atoms with Gasteiger partial charge < -0.3 is 54.7 Å². The molecule has 0 bridgehead atoms. The molecule has 19 heteroatoms. The van der Waals surface area contributed by atoms with Crippen LogP contribution in [0.25, 0.3) is 0 Å². The van der Waals surface area contributed by atoms with E-state index in [0.717, 1.165) is 18.4 Å². The fourth-order valence-corrected chi connectivity index (χ4v) is 8.18. The largest absolute Gasteiger partial charge is 0.477 e. The van der Waals surface area contributed by atoms with Gasteiger partial charge in [-0.1, -0.05) is 36.4 Å². The van der Waals surface area contributed by atoms with E-state index < -0.39 is 24.1 Å². The number of hydrogen-bond donors (Lipinski definition) is 6. The van der Waals surface area contributed by atoms with Crippen molar-refractivity contribution in [1.29, 1.82) is 0 Å². The third kappa shape index (κ3) is 18.3. The molecule has 1 aromatic carbocycles. The molecule has 0 spiro atoms. The predicted octanol–water partition coefficient (Wildman–Crippen LogP) is 3.27. The zero-order valence-corrected chi connectivity index (χ0v) is 38.0. The van der Waals surface area contributed by atoms with Crippen LogP contribution < -0.4 is 10.6 Å². The third-order valence-electron chi connectivity index (χ3n) is 11.6. The quantitative estimate of drug-likeness (QED) is 0.0388. The van der Waals surface area contributed by atoms with E-state index in [-0.39, 0.29) is 70.0 Å². The van der Waals surface area contributed by atoms with E-state index >= 15 is 0 Å². The molecule has 2 aromatic heterocycles. The molecular formula is C48H66N6O13. The Morgan fingerprint density at radius 2 is 1.24 bits per heavy atom. The van der Waals surface area contributed by atoms with E-state index in [4.69, 9.17) is 23.7 Å². The van der Waals surface area contributed by atoms with Gasteiger partial charge in [-0.05, 0) is 85.4 Å².